The van der Waals surface area contributed by atoms with Crippen molar-refractivity contribution in [3.63, 3.8) is 0 Å². The minimum atomic E-state index is -0.636. The average Bonchev–Trinajstić information content (AvgIpc) is 2.94. The Bertz CT molecular complexity index is 1340. The van der Waals surface area contributed by atoms with Gasteiger partial charge in [0, 0.05) is 12.1 Å². The van der Waals surface area contributed by atoms with Crippen molar-refractivity contribution >= 4 is 29.2 Å². The zero-order chi connectivity index (χ0) is 29.1. The number of urea groups is 1. The monoisotopic (exact) mass is 549 g/mol. The first-order valence-corrected chi connectivity index (χ1v) is 12.8. The number of methoxy groups -OCH3 is 2. The highest BCUT2D eigenvalue weighted by Gasteiger charge is 2.19. The first-order chi connectivity index (χ1) is 19.3. The Morgan fingerprint density at radius 1 is 0.850 bits per heavy atom. The molecule has 212 valence electrons. The van der Waals surface area contributed by atoms with E-state index in [0.717, 1.165) is 11.1 Å². The summed E-state index contributed by atoms with van der Waals surface area (Å²) in [5.74, 6) is 0.608. The summed E-state index contributed by atoms with van der Waals surface area (Å²) in [4.78, 5) is 37.4. The molecule has 0 spiro atoms. The zero-order valence-corrected chi connectivity index (χ0v) is 23.3. The first-order valence-electron chi connectivity index (χ1n) is 12.8. The molecule has 0 radical (unpaired) electrons. The molecule has 0 bridgehead atoms. The number of Topliss-reactive ketones (excluding diaryl/α,β-unsaturated/α-hetero) is 1. The van der Waals surface area contributed by atoms with Gasteiger partial charge in [0.15, 0.2) is 17.7 Å². The highest BCUT2D eigenvalue weighted by molar-refractivity contribution is 6.01. The molecule has 0 fully saturated rings. The fourth-order valence-electron chi connectivity index (χ4n) is 3.91. The van der Waals surface area contributed by atoms with Crippen molar-refractivity contribution in [2.24, 2.45) is 0 Å². The summed E-state index contributed by atoms with van der Waals surface area (Å²) in [6.07, 6.45) is -0.435. The van der Waals surface area contributed by atoms with E-state index < -0.39 is 18.2 Å². The largest absolute Gasteiger partial charge is 0.495 e. The van der Waals surface area contributed by atoms with Crippen LogP contribution in [0.25, 0.3) is 0 Å². The summed E-state index contributed by atoms with van der Waals surface area (Å²) in [5.41, 5.74) is 3.17. The van der Waals surface area contributed by atoms with Crippen LogP contribution in [0.1, 0.15) is 34.8 Å². The van der Waals surface area contributed by atoms with Crippen LogP contribution in [0.2, 0.25) is 0 Å². The van der Waals surface area contributed by atoms with E-state index >= 15 is 0 Å². The van der Waals surface area contributed by atoms with Gasteiger partial charge in [-0.2, -0.15) is 0 Å². The van der Waals surface area contributed by atoms with Crippen LogP contribution in [-0.2, 0) is 16.0 Å². The summed E-state index contributed by atoms with van der Waals surface area (Å²) >= 11 is 0. The number of esters is 1. The van der Waals surface area contributed by atoms with Gasteiger partial charge in [0.2, 0.25) is 0 Å². The molecule has 1 atom stereocenters. The van der Waals surface area contributed by atoms with E-state index in [-0.39, 0.29) is 25.2 Å². The minimum absolute atomic E-state index is 0.0699. The van der Waals surface area contributed by atoms with E-state index in [2.05, 4.69) is 16.0 Å². The van der Waals surface area contributed by atoms with Crippen LogP contribution in [0.3, 0.4) is 0 Å². The molecule has 10 nitrogen and oxygen atoms in total. The van der Waals surface area contributed by atoms with Crippen molar-refractivity contribution in [2.75, 3.05) is 38.5 Å². The zero-order valence-electron chi connectivity index (χ0n) is 23.3. The Kier molecular flexibility index (Phi) is 10.9. The molecule has 0 saturated heterocycles. The molecule has 3 rings (SSSR count). The number of anilines is 2. The topological polar surface area (TPSA) is 124 Å². The third kappa shape index (κ3) is 8.21. The third-order valence-corrected chi connectivity index (χ3v) is 5.99. The second-order valence-corrected chi connectivity index (χ2v) is 8.83. The van der Waals surface area contributed by atoms with Crippen molar-refractivity contribution in [2.45, 2.75) is 32.9 Å². The molecule has 2 amide bonds. The molecule has 0 aliphatic carbocycles. The fraction of sp³-hybridized carbons (Fsp3) is 0.300. The highest BCUT2D eigenvalue weighted by Crippen LogP contribution is 2.30. The van der Waals surface area contributed by atoms with E-state index in [0.29, 0.717) is 34.2 Å². The van der Waals surface area contributed by atoms with Gasteiger partial charge in [-0.1, -0.05) is 24.3 Å². The summed E-state index contributed by atoms with van der Waals surface area (Å²) in [6, 6.07) is 16.9. The third-order valence-electron chi connectivity index (χ3n) is 5.99. The number of carbonyl (C=O) groups excluding carboxylic acids is 3. The quantitative estimate of drug-likeness (QED) is 0.202. The molecular formula is C30H35N3O7. The highest BCUT2D eigenvalue weighted by atomic mass is 16.5. The van der Waals surface area contributed by atoms with Crippen molar-refractivity contribution in [1.82, 2.24) is 5.32 Å². The molecule has 0 aliphatic rings. The predicted molar refractivity (Wildman–Crippen MR) is 153 cm³/mol. The average molecular weight is 550 g/mol. The first kappa shape index (κ1) is 30.0. The molecule has 40 heavy (non-hydrogen) atoms. The maximum atomic E-state index is 12.9. The van der Waals surface area contributed by atoms with Gasteiger partial charge in [0.05, 0.1) is 38.5 Å². The number of carbonyl (C=O) groups is 3. The van der Waals surface area contributed by atoms with Gasteiger partial charge in [0.25, 0.3) is 0 Å². The fourth-order valence-corrected chi connectivity index (χ4v) is 3.91. The number of para-hydroxylation sites is 1. The van der Waals surface area contributed by atoms with Crippen LogP contribution in [0.5, 0.6) is 17.2 Å². The Balaban J connectivity index is 1.62. The molecule has 0 aromatic heterocycles. The smallest absolute Gasteiger partial charge is 0.338 e. The lowest BCUT2D eigenvalue weighted by Gasteiger charge is -2.20. The normalized spacial score (nSPS) is 11.2. The number of hydrogen-bond donors (Lipinski definition) is 3. The SMILES string of the molecule is CCOC(=O)c1ccc(OC(CC(=O)Cc2ccc(NC(=O)Nc3ccccc3C)c(OC)c2)NC)c(OC)c1. The van der Waals surface area contributed by atoms with Gasteiger partial charge in [-0.25, -0.2) is 9.59 Å². The second kappa shape index (κ2) is 14.5. The van der Waals surface area contributed by atoms with E-state index in [9.17, 15) is 14.4 Å². The maximum Gasteiger partial charge on any atom is 0.338 e. The van der Waals surface area contributed by atoms with E-state index in [4.69, 9.17) is 18.9 Å². The van der Waals surface area contributed by atoms with Gasteiger partial charge in [0.1, 0.15) is 11.5 Å². The summed E-state index contributed by atoms with van der Waals surface area (Å²) in [6.45, 7) is 3.90. The molecule has 0 saturated carbocycles. The van der Waals surface area contributed by atoms with E-state index in [1.54, 1.807) is 44.3 Å². The lowest BCUT2D eigenvalue weighted by Crippen LogP contribution is -2.34. The van der Waals surface area contributed by atoms with E-state index in [1.165, 1.54) is 20.3 Å². The molecule has 10 heteroatoms. The molecule has 0 aliphatic heterocycles. The number of rotatable bonds is 13. The lowest BCUT2D eigenvalue weighted by atomic mass is 10.1. The Morgan fingerprint density at radius 3 is 2.25 bits per heavy atom. The number of hydrogen-bond acceptors (Lipinski definition) is 8. The summed E-state index contributed by atoms with van der Waals surface area (Å²) in [7, 11) is 4.65. The van der Waals surface area contributed by atoms with Gasteiger partial charge in [-0.05, 0) is 68.4 Å². The summed E-state index contributed by atoms with van der Waals surface area (Å²) < 4.78 is 21.8. The maximum absolute atomic E-state index is 12.9. The molecule has 3 aromatic rings. The molecule has 3 N–H and O–H groups in total. The van der Waals surface area contributed by atoms with Crippen molar-refractivity contribution < 1.29 is 33.3 Å². The van der Waals surface area contributed by atoms with Gasteiger partial charge in [-0.3, -0.25) is 10.1 Å². The van der Waals surface area contributed by atoms with Crippen LogP contribution in [0.15, 0.2) is 60.7 Å². The number of nitrogens with one attached hydrogen (secondary N) is 3. The predicted octanol–water partition coefficient (Wildman–Crippen LogP) is 4.96. The van der Waals surface area contributed by atoms with Crippen molar-refractivity contribution in [3.8, 4) is 17.2 Å². The van der Waals surface area contributed by atoms with Gasteiger partial charge < -0.3 is 29.6 Å². The molecule has 0 heterocycles. The number of aryl methyl sites for hydroxylation is 1. The summed E-state index contributed by atoms with van der Waals surface area (Å²) in [5, 5.41) is 8.58. The standard InChI is InChI=1S/C30H35N3O7/c1-6-39-29(35)21-12-14-25(27(17-21)38-5)40-28(31-3)18-22(34)15-20-11-13-24(26(16-20)37-4)33-30(36)32-23-10-8-7-9-19(23)2/h7-14,16-17,28,31H,6,15,18H2,1-5H3,(H2,32,33,36). The lowest BCUT2D eigenvalue weighted by molar-refractivity contribution is -0.120. The second-order valence-electron chi connectivity index (χ2n) is 8.83. The van der Waals surface area contributed by atoms with Gasteiger partial charge >= 0.3 is 12.0 Å². The Morgan fingerprint density at radius 2 is 1.57 bits per heavy atom. The van der Waals surface area contributed by atoms with Crippen LogP contribution in [0, 0.1) is 6.92 Å². The van der Waals surface area contributed by atoms with Crippen LogP contribution in [-0.4, -0.2) is 51.9 Å². The van der Waals surface area contributed by atoms with Gasteiger partial charge in [-0.15, -0.1) is 0 Å². The number of ketones is 1. The number of benzene rings is 3. The molecular weight excluding hydrogens is 514 g/mol. The molecule has 1 unspecified atom stereocenters. The molecule has 3 aromatic carbocycles. The van der Waals surface area contributed by atoms with Crippen molar-refractivity contribution in [1.29, 1.82) is 0 Å². The van der Waals surface area contributed by atoms with Crippen LogP contribution in [0.4, 0.5) is 16.2 Å². The van der Waals surface area contributed by atoms with Crippen LogP contribution >= 0.6 is 0 Å². The van der Waals surface area contributed by atoms with Crippen molar-refractivity contribution in [3.05, 3.63) is 77.4 Å². The Labute approximate surface area is 234 Å². The van der Waals surface area contributed by atoms with Crippen LogP contribution < -0.4 is 30.2 Å². The van der Waals surface area contributed by atoms with E-state index in [1.807, 2.05) is 31.2 Å². The number of amides is 2. The minimum Gasteiger partial charge on any atom is -0.495 e. The number of ether oxygens (including phenoxy) is 4. The Hall–Kier alpha value is -4.57.